The average Bonchev–Trinajstić information content (AvgIpc) is 3.19. The largest absolute Gasteiger partial charge is 1.00 e. The Kier molecular flexibility index (Phi) is 17.1. The maximum Gasteiger partial charge on any atom is 0.198 e. The van der Waals surface area contributed by atoms with Gasteiger partial charge in [0.1, 0.15) is 13.1 Å². The summed E-state index contributed by atoms with van der Waals surface area (Å²) >= 11 is 0. The monoisotopic (exact) mass is 508 g/mol. The van der Waals surface area contributed by atoms with Gasteiger partial charge in [-0.15, -0.1) is 0 Å². The first-order valence-corrected chi connectivity index (χ1v) is 13.4. The van der Waals surface area contributed by atoms with Crippen molar-refractivity contribution in [2.75, 3.05) is 32.8 Å². The van der Waals surface area contributed by atoms with Crippen molar-refractivity contribution in [2.45, 2.75) is 103 Å². The van der Waals surface area contributed by atoms with E-state index >= 15 is 0 Å². The molecule has 184 valence electrons. The zero-order valence-electron chi connectivity index (χ0n) is 20.7. The van der Waals surface area contributed by atoms with Crippen molar-refractivity contribution >= 4 is 5.84 Å². The Hall–Kier alpha value is -0.710. The van der Waals surface area contributed by atoms with Crippen LogP contribution >= 0.6 is 0 Å². The Morgan fingerprint density at radius 2 is 1.31 bits per heavy atom. The molecule has 0 fully saturated rings. The maximum atomic E-state index is 9.72. The van der Waals surface area contributed by atoms with E-state index in [9.17, 15) is 5.11 Å². The lowest BCUT2D eigenvalue weighted by atomic mass is 10.0. The molecule has 1 N–H and O–H groups in total. The molecule has 0 aliphatic carbocycles. The number of benzene rings is 1. The van der Waals surface area contributed by atoms with Crippen LogP contribution in [0.3, 0.4) is 0 Å². The topological polar surface area (TPSA) is 32.6 Å². The number of quaternary nitrogens is 1. The minimum absolute atomic E-state index is 0. The highest BCUT2D eigenvalue weighted by atomic mass is 79.9. The second-order valence-corrected chi connectivity index (χ2v) is 9.57. The van der Waals surface area contributed by atoms with Crippen molar-refractivity contribution in [1.82, 2.24) is 0 Å². The molecule has 0 bridgehead atoms. The Bertz CT molecular complexity index is 592. The molecule has 0 spiro atoms. The predicted molar refractivity (Wildman–Crippen MR) is 135 cm³/mol. The van der Waals surface area contributed by atoms with Gasteiger partial charge in [-0.05, 0) is 12.0 Å². The maximum absolute atomic E-state index is 9.72. The summed E-state index contributed by atoms with van der Waals surface area (Å²) in [7, 11) is 0. The van der Waals surface area contributed by atoms with Crippen LogP contribution in [0.5, 0.6) is 0 Å². The first-order chi connectivity index (χ1) is 15.3. The highest BCUT2D eigenvalue weighted by Gasteiger charge is 2.36. The molecule has 1 aliphatic rings. The fraction of sp³-hybridized carbons (Fsp3) is 0.750. The standard InChI is InChI=1S/C28H49N2O.BrH/c1-2-3-4-5-6-7-8-9-10-11-12-13-17-20-28-29-22-24-30(28,25-26-31)23-21-27-18-15-14-16-19-27;/h14-16,18-19,31H,2-13,17,20-26H2,1H3;1H/q+1;/p-1. The number of aliphatic imine (C=N–C) groups is 1. The van der Waals surface area contributed by atoms with Gasteiger partial charge in [0.05, 0.1) is 19.7 Å². The van der Waals surface area contributed by atoms with E-state index in [-0.39, 0.29) is 23.6 Å². The molecule has 1 heterocycles. The van der Waals surface area contributed by atoms with E-state index in [4.69, 9.17) is 4.99 Å². The lowest BCUT2D eigenvalue weighted by Gasteiger charge is -2.34. The van der Waals surface area contributed by atoms with Crippen LogP contribution in [-0.4, -0.2) is 48.2 Å². The van der Waals surface area contributed by atoms with E-state index in [1.807, 2.05) is 0 Å². The van der Waals surface area contributed by atoms with Crippen molar-refractivity contribution in [1.29, 1.82) is 0 Å². The second kappa shape index (κ2) is 18.7. The number of rotatable bonds is 19. The summed E-state index contributed by atoms with van der Waals surface area (Å²) in [6.07, 6.45) is 20.3. The van der Waals surface area contributed by atoms with Gasteiger partial charge < -0.3 is 22.1 Å². The molecule has 0 amide bonds. The zero-order chi connectivity index (χ0) is 22.0. The second-order valence-electron chi connectivity index (χ2n) is 9.57. The van der Waals surface area contributed by atoms with Crippen LogP contribution in [0, 0.1) is 0 Å². The molecule has 4 heteroatoms. The summed E-state index contributed by atoms with van der Waals surface area (Å²) < 4.78 is 0.920. The fourth-order valence-corrected chi connectivity index (χ4v) is 5.04. The number of unbranched alkanes of at least 4 members (excludes halogenated alkanes) is 12. The molecule has 0 aromatic heterocycles. The van der Waals surface area contributed by atoms with Crippen LogP contribution in [0.25, 0.3) is 0 Å². The van der Waals surface area contributed by atoms with Crippen molar-refractivity contribution in [3.63, 3.8) is 0 Å². The molecule has 1 unspecified atom stereocenters. The van der Waals surface area contributed by atoms with E-state index in [1.54, 1.807) is 0 Å². The van der Waals surface area contributed by atoms with Gasteiger partial charge in [0.25, 0.3) is 0 Å². The van der Waals surface area contributed by atoms with Crippen LogP contribution in [-0.2, 0) is 6.42 Å². The van der Waals surface area contributed by atoms with Gasteiger partial charge in [0, 0.05) is 12.8 Å². The molecule has 1 aromatic rings. The predicted octanol–water partition coefficient (Wildman–Crippen LogP) is 3.94. The fourth-order valence-electron chi connectivity index (χ4n) is 5.04. The average molecular weight is 510 g/mol. The van der Waals surface area contributed by atoms with Crippen LogP contribution in [0.15, 0.2) is 35.3 Å². The highest BCUT2D eigenvalue weighted by Crippen LogP contribution is 2.21. The third-order valence-electron chi connectivity index (χ3n) is 7.07. The summed E-state index contributed by atoms with van der Waals surface area (Å²) in [5.41, 5.74) is 1.39. The number of aliphatic hydroxyl groups excluding tert-OH is 1. The van der Waals surface area contributed by atoms with Crippen LogP contribution in [0.4, 0.5) is 0 Å². The van der Waals surface area contributed by atoms with Crippen molar-refractivity contribution < 1.29 is 26.6 Å². The van der Waals surface area contributed by atoms with Gasteiger partial charge in [0.15, 0.2) is 5.84 Å². The molecular formula is C28H49BrN2O. The Morgan fingerprint density at radius 1 is 0.750 bits per heavy atom. The molecule has 1 aromatic carbocycles. The molecule has 1 atom stereocenters. The number of hydrogen-bond donors (Lipinski definition) is 1. The Balaban J connectivity index is 0.00000512. The number of amidine groups is 1. The first kappa shape index (κ1) is 29.3. The minimum atomic E-state index is 0. The lowest BCUT2D eigenvalue weighted by Crippen LogP contribution is -3.00. The summed E-state index contributed by atoms with van der Waals surface area (Å²) in [6, 6.07) is 10.8. The van der Waals surface area contributed by atoms with Gasteiger partial charge >= 0.3 is 0 Å². The van der Waals surface area contributed by atoms with Crippen molar-refractivity contribution in [3.8, 4) is 0 Å². The van der Waals surface area contributed by atoms with Crippen LogP contribution in [0.1, 0.15) is 102 Å². The van der Waals surface area contributed by atoms with E-state index in [0.717, 1.165) is 43.5 Å². The van der Waals surface area contributed by atoms with Gasteiger partial charge in [-0.2, -0.15) is 0 Å². The molecule has 0 radical (unpaired) electrons. The van der Waals surface area contributed by atoms with Gasteiger partial charge in [-0.25, -0.2) is 4.99 Å². The zero-order valence-corrected chi connectivity index (χ0v) is 22.3. The smallest absolute Gasteiger partial charge is 0.198 e. The molecule has 32 heavy (non-hydrogen) atoms. The van der Waals surface area contributed by atoms with Crippen LogP contribution in [0.2, 0.25) is 0 Å². The number of nitrogens with zero attached hydrogens (tertiary/aromatic N) is 2. The number of aliphatic hydroxyl groups is 1. The molecule has 0 saturated carbocycles. The molecular weight excluding hydrogens is 460 g/mol. The Morgan fingerprint density at radius 3 is 1.88 bits per heavy atom. The normalized spacial score (nSPS) is 17.9. The molecule has 2 rings (SSSR count). The SMILES string of the molecule is CCCCCCCCCCCCCCCC1=NCC[N+]1(CCO)CCc1ccccc1.[Br-]. The van der Waals surface area contributed by atoms with E-state index in [2.05, 4.69) is 37.3 Å². The van der Waals surface area contributed by atoms with Crippen molar-refractivity contribution in [2.24, 2.45) is 4.99 Å². The summed E-state index contributed by atoms with van der Waals surface area (Å²) in [5, 5.41) is 9.72. The first-order valence-electron chi connectivity index (χ1n) is 13.4. The highest BCUT2D eigenvalue weighted by molar-refractivity contribution is 5.76. The molecule has 0 saturated heterocycles. The van der Waals surface area contributed by atoms with E-state index in [0.29, 0.717) is 0 Å². The van der Waals surface area contributed by atoms with Gasteiger partial charge in [0.2, 0.25) is 0 Å². The Labute approximate surface area is 209 Å². The van der Waals surface area contributed by atoms with Crippen molar-refractivity contribution in [3.05, 3.63) is 35.9 Å². The summed E-state index contributed by atoms with van der Waals surface area (Å²) in [4.78, 5) is 4.89. The quantitative estimate of drug-likeness (QED) is 0.223. The molecule has 3 nitrogen and oxygen atoms in total. The summed E-state index contributed by atoms with van der Waals surface area (Å²) in [6.45, 7) is 6.44. The molecule has 1 aliphatic heterocycles. The van der Waals surface area contributed by atoms with Gasteiger partial charge in [-0.3, -0.25) is 4.48 Å². The number of halogens is 1. The van der Waals surface area contributed by atoms with E-state index < -0.39 is 0 Å². The van der Waals surface area contributed by atoms with Gasteiger partial charge in [-0.1, -0.05) is 114 Å². The van der Waals surface area contributed by atoms with E-state index in [1.165, 1.54) is 94.9 Å². The number of hydrogen-bond acceptors (Lipinski definition) is 2. The third-order valence-corrected chi connectivity index (χ3v) is 7.07. The lowest BCUT2D eigenvalue weighted by molar-refractivity contribution is -0.836. The third kappa shape index (κ3) is 11.4. The summed E-state index contributed by atoms with van der Waals surface area (Å²) in [5.74, 6) is 1.35. The minimum Gasteiger partial charge on any atom is -1.00 e. The van der Waals surface area contributed by atoms with Crippen LogP contribution < -0.4 is 17.0 Å².